The van der Waals surface area contributed by atoms with E-state index in [0.29, 0.717) is 23.3 Å². The summed E-state index contributed by atoms with van der Waals surface area (Å²) in [6.45, 7) is 3.90. The molecule has 0 spiro atoms. The molecule has 2 aromatic carbocycles. The summed E-state index contributed by atoms with van der Waals surface area (Å²) >= 11 is 0. The molecule has 3 aromatic rings. The summed E-state index contributed by atoms with van der Waals surface area (Å²) < 4.78 is 45.8. The van der Waals surface area contributed by atoms with Crippen molar-refractivity contribution in [2.24, 2.45) is 0 Å². The van der Waals surface area contributed by atoms with Crippen LogP contribution in [0.5, 0.6) is 11.5 Å². The van der Waals surface area contributed by atoms with Crippen LogP contribution in [0.1, 0.15) is 10.4 Å². The Balaban J connectivity index is 1.76. The van der Waals surface area contributed by atoms with E-state index in [1.165, 1.54) is 12.1 Å². The molecule has 0 atom stereocenters. The first-order valence-electron chi connectivity index (χ1n) is 7.75. The van der Waals surface area contributed by atoms with Gasteiger partial charge in [-0.3, -0.25) is 9.89 Å². The average molecular weight is 377 g/mol. The van der Waals surface area contributed by atoms with Crippen molar-refractivity contribution in [1.82, 2.24) is 10.2 Å². The second-order valence-electron chi connectivity index (χ2n) is 5.41. The summed E-state index contributed by atoms with van der Waals surface area (Å²) in [5.41, 5.74) is 0.838. The Labute approximate surface area is 151 Å². The summed E-state index contributed by atoms with van der Waals surface area (Å²) in [6, 6.07) is 9.78. The van der Waals surface area contributed by atoms with E-state index in [-0.39, 0.29) is 11.4 Å². The van der Waals surface area contributed by atoms with Gasteiger partial charge in [0.15, 0.2) is 5.82 Å². The minimum atomic E-state index is -4.79. The molecular formula is C18H14F3N3O3. The molecule has 9 heteroatoms. The van der Waals surface area contributed by atoms with Crippen LogP contribution in [-0.2, 0) is 0 Å². The zero-order valence-corrected chi connectivity index (χ0v) is 13.8. The maximum atomic E-state index is 12.3. The van der Waals surface area contributed by atoms with Crippen molar-refractivity contribution < 1.29 is 27.4 Å². The predicted molar refractivity (Wildman–Crippen MR) is 92.9 cm³/mol. The van der Waals surface area contributed by atoms with Crippen molar-refractivity contribution in [1.29, 1.82) is 0 Å². The molecule has 0 aliphatic heterocycles. The molecule has 0 bridgehead atoms. The number of ether oxygens (including phenoxy) is 2. The van der Waals surface area contributed by atoms with Crippen LogP contribution in [0, 0.1) is 0 Å². The second-order valence-corrected chi connectivity index (χ2v) is 5.41. The number of aromatic amines is 1. The number of carbonyl (C=O) groups is 1. The van der Waals surface area contributed by atoms with Gasteiger partial charge in [0.25, 0.3) is 5.91 Å². The molecule has 0 saturated heterocycles. The van der Waals surface area contributed by atoms with E-state index in [1.807, 2.05) is 0 Å². The third kappa shape index (κ3) is 4.57. The molecular weight excluding hydrogens is 363 g/mol. The lowest BCUT2D eigenvalue weighted by Gasteiger charge is -2.09. The Kier molecular flexibility index (Phi) is 5.02. The van der Waals surface area contributed by atoms with Crippen LogP contribution in [0.2, 0.25) is 0 Å². The van der Waals surface area contributed by atoms with Gasteiger partial charge in [0.1, 0.15) is 18.1 Å². The van der Waals surface area contributed by atoms with Crippen LogP contribution in [0.15, 0.2) is 55.1 Å². The van der Waals surface area contributed by atoms with Crippen molar-refractivity contribution in [3.8, 4) is 11.5 Å². The number of nitrogens with one attached hydrogen (secondary N) is 2. The Morgan fingerprint density at radius 2 is 1.89 bits per heavy atom. The highest BCUT2D eigenvalue weighted by Crippen LogP contribution is 2.26. The number of nitrogens with zero attached hydrogens (tertiary/aromatic N) is 1. The summed E-state index contributed by atoms with van der Waals surface area (Å²) in [6.07, 6.45) is -3.18. The van der Waals surface area contributed by atoms with Crippen molar-refractivity contribution in [3.05, 3.63) is 60.7 Å². The monoisotopic (exact) mass is 377 g/mol. The van der Waals surface area contributed by atoms with E-state index in [4.69, 9.17) is 4.74 Å². The van der Waals surface area contributed by atoms with Crippen LogP contribution >= 0.6 is 0 Å². The SMILES string of the molecule is C=CCOc1ccc2[nH]nc(NC(=O)c3ccc(OC(F)(F)F)cc3)c2c1. The van der Waals surface area contributed by atoms with Gasteiger partial charge in [0.2, 0.25) is 0 Å². The minimum absolute atomic E-state index is 0.153. The molecule has 27 heavy (non-hydrogen) atoms. The number of anilines is 1. The predicted octanol–water partition coefficient (Wildman–Crippen LogP) is 4.28. The van der Waals surface area contributed by atoms with Crippen LogP contribution < -0.4 is 14.8 Å². The van der Waals surface area contributed by atoms with Gasteiger partial charge in [-0.25, -0.2) is 0 Å². The van der Waals surface area contributed by atoms with Crippen molar-refractivity contribution >= 4 is 22.6 Å². The number of amides is 1. The maximum absolute atomic E-state index is 12.3. The number of H-pyrrole nitrogens is 1. The molecule has 140 valence electrons. The molecule has 0 radical (unpaired) electrons. The normalized spacial score (nSPS) is 11.2. The highest BCUT2D eigenvalue weighted by Gasteiger charge is 2.31. The molecule has 1 heterocycles. The number of hydrogen-bond donors (Lipinski definition) is 2. The molecule has 1 amide bonds. The first-order chi connectivity index (χ1) is 12.9. The topological polar surface area (TPSA) is 76.2 Å². The molecule has 0 fully saturated rings. The van der Waals surface area contributed by atoms with Crippen molar-refractivity contribution in [2.75, 3.05) is 11.9 Å². The first-order valence-corrected chi connectivity index (χ1v) is 7.75. The van der Waals surface area contributed by atoms with Gasteiger partial charge in [-0.05, 0) is 42.5 Å². The zero-order chi connectivity index (χ0) is 19.4. The fourth-order valence-corrected chi connectivity index (χ4v) is 2.32. The van der Waals surface area contributed by atoms with Gasteiger partial charge in [-0.15, -0.1) is 13.2 Å². The lowest BCUT2D eigenvalue weighted by molar-refractivity contribution is -0.274. The van der Waals surface area contributed by atoms with Crippen molar-refractivity contribution in [2.45, 2.75) is 6.36 Å². The molecule has 3 rings (SSSR count). The van der Waals surface area contributed by atoms with E-state index in [1.54, 1.807) is 24.3 Å². The van der Waals surface area contributed by atoms with Crippen LogP contribution in [0.4, 0.5) is 19.0 Å². The fraction of sp³-hybridized carbons (Fsp3) is 0.111. The number of benzene rings is 2. The molecule has 0 aliphatic carbocycles. The Morgan fingerprint density at radius 3 is 2.56 bits per heavy atom. The average Bonchev–Trinajstić information content (AvgIpc) is 3.01. The van der Waals surface area contributed by atoms with E-state index in [0.717, 1.165) is 12.1 Å². The number of rotatable bonds is 6. The number of hydrogen-bond acceptors (Lipinski definition) is 4. The van der Waals surface area contributed by atoms with Crippen molar-refractivity contribution in [3.63, 3.8) is 0 Å². The van der Waals surface area contributed by atoms with E-state index in [9.17, 15) is 18.0 Å². The smallest absolute Gasteiger partial charge is 0.490 e. The number of aromatic nitrogens is 2. The zero-order valence-electron chi connectivity index (χ0n) is 13.8. The summed E-state index contributed by atoms with van der Waals surface area (Å²) in [5, 5.41) is 10.1. The fourth-order valence-electron chi connectivity index (χ4n) is 2.32. The Hall–Kier alpha value is -3.49. The van der Waals surface area contributed by atoms with Crippen LogP contribution in [0.3, 0.4) is 0 Å². The molecule has 0 saturated carbocycles. The molecule has 0 aliphatic rings. The lowest BCUT2D eigenvalue weighted by Crippen LogP contribution is -2.17. The number of carbonyl (C=O) groups excluding carboxylic acids is 1. The van der Waals surface area contributed by atoms with E-state index in [2.05, 4.69) is 26.8 Å². The second kappa shape index (κ2) is 7.40. The number of halogens is 3. The minimum Gasteiger partial charge on any atom is -0.490 e. The summed E-state index contributed by atoms with van der Waals surface area (Å²) in [7, 11) is 0. The van der Waals surface area contributed by atoms with Gasteiger partial charge in [0.05, 0.1) is 5.52 Å². The number of fused-ring (bicyclic) bond motifs is 1. The van der Waals surface area contributed by atoms with E-state index < -0.39 is 18.0 Å². The third-order valence-corrected chi connectivity index (χ3v) is 3.48. The van der Waals surface area contributed by atoms with Crippen LogP contribution in [0.25, 0.3) is 10.9 Å². The Morgan fingerprint density at radius 1 is 1.19 bits per heavy atom. The van der Waals surface area contributed by atoms with Gasteiger partial charge >= 0.3 is 6.36 Å². The highest BCUT2D eigenvalue weighted by molar-refractivity contribution is 6.08. The first kappa shape index (κ1) is 18.3. The third-order valence-electron chi connectivity index (χ3n) is 3.48. The number of alkyl halides is 3. The molecule has 1 aromatic heterocycles. The summed E-state index contributed by atoms with van der Waals surface area (Å²) in [4.78, 5) is 12.3. The molecule has 2 N–H and O–H groups in total. The lowest BCUT2D eigenvalue weighted by atomic mass is 10.2. The maximum Gasteiger partial charge on any atom is 0.573 e. The largest absolute Gasteiger partial charge is 0.573 e. The molecule has 6 nitrogen and oxygen atoms in total. The highest BCUT2D eigenvalue weighted by atomic mass is 19.4. The van der Waals surface area contributed by atoms with E-state index >= 15 is 0 Å². The molecule has 0 unspecified atom stereocenters. The quantitative estimate of drug-likeness (QED) is 0.629. The standard InChI is InChI=1S/C18H14F3N3O3/c1-2-9-26-13-7-8-15-14(10-13)16(24-23-15)22-17(25)11-3-5-12(6-4-11)27-18(19,20)21/h2-8,10H,1,9H2,(H2,22,23,24,25). The van der Waals surface area contributed by atoms with Gasteiger partial charge in [-0.1, -0.05) is 12.7 Å². The van der Waals surface area contributed by atoms with Gasteiger partial charge in [0, 0.05) is 10.9 Å². The van der Waals surface area contributed by atoms with Gasteiger partial charge in [-0.2, -0.15) is 5.10 Å². The van der Waals surface area contributed by atoms with Gasteiger partial charge < -0.3 is 14.8 Å². The van der Waals surface area contributed by atoms with Crippen LogP contribution in [-0.4, -0.2) is 29.1 Å². The Bertz CT molecular complexity index is 965. The summed E-state index contributed by atoms with van der Waals surface area (Å²) in [5.74, 6) is -0.0877.